The number of amides is 1. The van der Waals surface area contributed by atoms with Gasteiger partial charge in [-0.15, -0.1) is 0 Å². The Hall–Kier alpha value is -0.870. The van der Waals surface area contributed by atoms with E-state index in [2.05, 4.69) is 43.3 Å². The second-order valence-electron chi connectivity index (χ2n) is 7.70. The maximum atomic E-state index is 12.3. The molecule has 1 spiro atoms. The fourth-order valence-corrected chi connectivity index (χ4v) is 5.13. The van der Waals surface area contributed by atoms with Crippen molar-refractivity contribution in [2.75, 3.05) is 13.6 Å². The van der Waals surface area contributed by atoms with Crippen LogP contribution >= 0.6 is 0 Å². The SMILES string of the molecule is CC(C)C1N(C)CC12C[C@@H](O)[C@H](NC(=O)C1CC=CC1)C2. The lowest BCUT2D eigenvalue weighted by Crippen LogP contribution is -2.64. The van der Waals surface area contributed by atoms with Gasteiger partial charge in [-0.1, -0.05) is 26.0 Å². The van der Waals surface area contributed by atoms with Crippen molar-refractivity contribution in [2.24, 2.45) is 17.3 Å². The van der Waals surface area contributed by atoms with Crippen molar-refractivity contribution < 1.29 is 9.90 Å². The first-order valence-electron chi connectivity index (χ1n) is 8.26. The van der Waals surface area contributed by atoms with Crippen LogP contribution in [-0.2, 0) is 4.79 Å². The van der Waals surface area contributed by atoms with Gasteiger partial charge in [0.05, 0.1) is 12.1 Å². The van der Waals surface area contributed by atoms with Crippen LogP contribution in [0.2, 0.25) is 0 Å². The van der Waals surface area contributed by atoms with Gasteiger partial charge in [-0.25, -0.2) is 0 Å². The van der Waals surface area contributed by atoms with Gasteiger partial charge in [0.25, 0.3) is 0 Å². The van der Waals surface area contributed by atoms with Crippen LogP contribution in [0.5, 0.6) is 0 Å². The van der Waals surface area contributed by atoms with E-state index in [1.165, 1.54) is 0 Å². The summed E-state index contributed by atoms with van der Waals surface area (Å²) in [5.74, 6) is 0.790. The molecule has 2 N–H and O–H groups in total. The molecule has 0 radical (unpaired) electrons. The number of carbonyl (C=O) groups is 1. The highest BCUT2D eigenvalue weighted by molar-refractivity contribution is 5.79. The number of hydrogen-bond donors (Lipinski definition) is 2. The molecule has 3 aliphatic rings. The van der Waals surface area contributed by atoms with E-state index in [0.717, 1.165) is 32.2 Å². The smallest absolute Gasteiger partial charge is 0.224 e. The van der Waals surface area contributed by atoms with Crippen molar-refractivity contribution >= 4 is 5.91 Å². The zero-order chi connectivity index (χ0) is 15.2. The molecule has 118 valence electrons. The minimum Gasteiger partial charge on any atom is -0.391 e. The standard InChI is InChI=1S/C17H28N2O2/c1-11(2)15-17(10-19(15)3)8-13(14(20)9-17)18-16(21)12-6-4-5-7-12/h4-5,11-15,20H,6-10H2,1-3H3,(H,18,21)/t13-,14-,15?,17?/m1/s1. The van der Waals surface area contributed by atoms with E-state index >= 15 is 0 Å². The van der Waals surface area contributed by atoms with Crippen LogP contribution in [0, 0.1) is 17.3 Å². The van der Waals surface area contributed by atoms with E-state index in [9.17, 15) is 9.90 Å². The Bertz CT molecular complexity index is 435. The fourth-order valence-electron chi connectivity index (χ4n) is 5.13. The molecule has 2 aliphatic carbocycles. The molecule has 0 aromatic heterocycles. The van der Waals surface area contributed by atoms with Gasteiger partial charge < -0.3 is 15.3 Å². The molecular weight excluding hydrogens is 264 g/mol. The van der Waals surface area contributed by atoms with Crippen molar-refractivity contribution in [3.05, 3.63) is 12.2 Å². The van der Waals surface area contributed by atoms with Crippen molar-refractivity contribution in [3.63, 3.8) is 0 Å². The molecule has 2 unspecified atom stereocenters. The molecular formula is C17H28N2O2. The monoisotopic (exact) mass is 292 g/mol. The minimum absolute atomic E-state index is 0.0620. The molecule has 0 aromatic rings. The molecule has 1 aliphatic heterocycles. The van der Waals surface area contributed by atoms with Crippen molar-refractivity contribution in [1.29, 1.82) is 0 Å². The van der Waals surface area contributed by atoms with E-state index in [1.807, 2.05) is 0 Å². The number of nitrogens with zero attached hydrogens (tertiary/aromatic N) is 1. The van der Waals surface area contributed by atoms with Gasteiger partial charge in [0.2, 0.25) is 5.91 Å². The number of aliphatic hydroxyl groups excluding tert-OH is 1. The van der Waals surface area contributed by atoms with Crippen molar-refractivity contribution in [1.82, 2.24) is 10.2 Å². The molecule has 0 bridgehead atoms. The Morgan fingerprint density at radius 3 is 2.57 bits per heavy atom. The normalized spacial score (nSPS) is 40.1. The summed E-state index contributed by atoms with van der Waals surface area (Å²) in [4.78, 5) is 14.7. The molecule has 1 saturated carbocycles. The number of likely N-dealkylation sites (tertiary alicyclic amines) is 1. The number of hydrogen-bond acceptors (Lipinski definition) is 3. The average molecular weight is 292 g/mol. The number of carbonyl (C=O) groups excluding carboxylic acids is 1. The topological polar surface area (TPSA) is 52.6 Å². The third-order valence-corrected chi connectivity index (χ3v) is 5.71. The molecule has 4 atom stereocenters. The predicted octanol–water partition coefficient (Wildman–Crippen LogP) is 1.55. The molecule has 3 rings (SSSR count). The minimum atomic E-state index is -0.390. The lowest BCUT2D eigenvalue weighted by atomic mass is 9.66. The number of aliphatic hydroxyl groups is 1. The van der Waals surface area contributed by atoms with Gasteiger partial charge in [-0.3, -0.25) is 4.79 Å². The fraction of sp³-hybridized carbons (Fsp3) is 0.824. The maximum Gasteiger partial charge on any atom is 0.224 e. The van der Waals surface area contributed by atoms with Crippen molar-refractivity contribution in [2.45, 2.75) is 57.7 Å². The summed E-state index contributed by atoms with van der Waals surface area (Å²) >= 11 is 0. The first kappa shape index (κ1) is 15.0. The highest BCUT2D eigenvalue weighted by Crippen LogP contribution is 2.52. The van der Waals surface area contributed by atoms with Crippen molar-refractivity contribution in [3.8, 4) is 0 Å². The average Bonchev–Trinajstić information content (AvgIpc) is 2.98. The molecule has 4 heteroatoms. The van der Waals surface area contributed by atoms with Crippen LogP contribution in [0.3, 0.4) is 0 Å². The third-order valence-electron chi connectivity index (χ3n) is 5.71. The van der Waals surface area contributed by atoms with Gasteiger partial charge in [0.15, 0.2) is 0 Å². The summed E-state index contributed by atoms with van der Waals surface area (Å²) in [7, 11) is 2.17. The van der Waals surface area contributed by atoms with E-state index in [-0.39, 0.29) is 23.3 Å². The molecule has 4 nitrogen and oxygen atoms in total. The summed E-state index contributed by atoms with van der Waals surface area (Å²) in [5.41, 5.74) is 0.203. The van der Waals surface area contributed by atoms with E-state index in [4.69, 9.17) is 0 Å². The van der Waals surface area contributed by atoms with Gasteiger partial charge in [-0.2, -0.15) is 0 Å². The molecule has 1 amide bonds. The second-order valence-corrected chi connectivity index (χ2v) is 7.70. The van der Waals surface area contributed by atoms with Crippen LogP contribution < -0.4 is 5.32 Å². The summed E-state index contributed by atoms with van der Waals surface area (Å²) in [6, 6.07) is 0.468. The summed E-state index contributed by atoms with van der Waals surface area (Å²) in [5, 5.41) is 13.5. The number of nitrogens with one attached hydrogen (secondary N) is 1. The van der Waals surface area contributed by atoms with E-state index < -0.39 is 6.10 Å². The van der Waals surface area contributed by atoms with E-state index in [1.54, 1.807) is 0 Å². The van der Waals surface area contributed by atoms with Crippen LogP contribution in [0.1, 0.15) is 39.5 Å². The molecule has 0 aromatic carbocycles. The first-order chi connectivity index (χ1) is 9.93. The lowest BCUT2D eigenvalue weighted by Gasteiger charge is -2.57. The number of rotatable bonds is 3. The Labute approximate surface area is 127 Å². The molecule has 1 heterocycles. The Morgan fingerprint density at radius 2 is 2.00 bits per heavy atom. The van der Waals surface area contributed by atoms with Crippen LogP contribution in [0.15, 0.2) is 12.2 Å². The predicted molar refractivity (Wildman–Crippen MR) is 82.7 cm³/mol. The van der Waals surface area contributed by atoms with Gasteiger partial charge in [0, 0.05) is 23.9 Å². The highest BCUT2D eigenvalue weighted by atomic mass is 16.3. The zero-order valence-corrected chi connectivity index (χ0v) is 13.4. The van der Waals surface area contributed by atoms with Crippen LogP contribution in [0.25, 0.3) is 0 Å². The molecule has 2 fully saturated rings. The lowest BCUT2D eigenvalue weighted by molar-refractivity contribution is -0.126. The Balaban J connectivity index is 1.62. The van der Waals surface area contributed by atoms with Gasteiger partial charge in [0.1, 0.15) is 0 Å². The largest absolute Gasteiger partial charge is 0.391 e. The van der Waals surface area contributed by atoms with E-state index in [0.29, 0.717) is 12.0 Å². The summed E-state index contributed by atoms with van der Waals surface area (Å²) < 4.78 is 0. The van der Waals surface area contributed by atoms with Gasteiger partial charge >= 0.3 is 0 Å². The first-order valence-corrected chi connectivity index (χ1v) is 8.26. The molecule has 1 saturated heterocycles. The zero-order valence-electron chi connectivity index (χ0n) is 13.4. The summed E-state index contributed by atoms with van der Waals surface area (Å²) in [6.07, 6.45) is 7.20. The second kappa shape index (κ2) is 5.40. The maximum absolute atomic E-state index is 12.3. The van der Waals surface area contributed by atoms with Crippen LogP contribution in [0.4, 0.5) is 0 Å². The number of allylic oxidation sites excluding steroid dienone is 2. The quantitative estimate of drug-likeness (QED) is 0.776. The highest BCUT2D eigenvalue weighted by Gasteiger charge is 2.58. The van der Waals surface area contributed by atoms with Gasteiger partial charge in [-0.05, 0) is 38.6 Å². The third kappa shape index (κ3) is 2.53. The summed E-state index contributed by atoms with van der Waals surface area (Å²) in [6.45, 7) is 5.55. The Morgan fingerprint density at radius 1 is 1.33 bits per heavy atom. The molecule has 21 heavy (non-hydrogen) atoms. The van der Waals surface area contributed by atoms with Crippen LogP contribution in [-0.4, -0.2) is 47.7 Å². The Kier molecular flexibility index (Phi) is 3.87.